The first-order valence-corrected chi connectivity index (χ1v) is 6.96. The van der Waals surface area contributed by atoms with Crippen LogP contribution in [0.3, 0.4) is 0 Å². The first kappa shape index (κ1) is 17.9. The summed E-state index contributed by atoms with van der Waals surface area (Å²) >= 11 is 5.59. The van der Waals surface area contributed by atoms with E-state index in [1.807, 2.05) is 0 Å². The average molecular weight is 363 g/mol. The van der Waals surface area contributed by atoms with Crippen LogP contribution in [0.15, 0.2) is 42.5 Å². The van der Waals surface area contributed by atoms with Crippen LogP contribution in [0, 0.1) is 5.82 Å². The van der Waals surface area contributed by atoms with E-state index in [1.54, 1.807) is 0 Å². The number of halogens is 5. The van der Waals surface area contributed by atoms with E-state index >= 15 is 0 Å². The molecule has 0 bridgehead atoms. The van der Waals surface area contributed by atoms with Gasteiger partial charge >= 0.3 is 6.36 Å². The molecule has 0 aliphatic heterocycles. The number of benzene rings is 2. The summed E-state index contributed by atoms with van der Waals surface area (Å²) in [6.45, 7) is -0.326. The van der Waals surface area contributed by atoms with Crippen LogP contribution in [0.5, 0.6) is 5.75 Å². The van der Waals surface area contributed by atoms with Crippen molar-refractivity contribution in [1.29, 1.82) is 0 Å². The minimum absolute atomic E-state index is 0.00196. The number of nitrogens with one attached hydrogen (secondary N) is 2. The van der Waals surface area contributed by atoms with Crippen molar-refractivity contribution < 1.29 is 27.1 Å². The zero-order chi connectivity index (χ0) is 17.7. The van der Waals surface area contributed by atoms with Gasteiger partial charge in [-0.25, -0.2) is 4.39 Å². The number of carbonyl (C=O) groups excluding carboxylic acids is 1. The van der Waals surface area contributed by atoms with E-state index in [-0.39, 0.29) is 22.9 Å². The fourth-order valence-corrected chi connectivity index (χ4v) is 1.96. The standard InChI is InChI=1S/C15H11ClF4N2O2/c16-10-7-9(5-6-11(10)17)22-14(23)8-21-12-3-1-2-4-13(12)24-15(18,19)20/h1-7,21H,8H2,(H,22,23). The summed E-state index contributed by atoms with van der Waals surface area (Å²) in [4.78, 5) is 11.8. The van der Waals surface area contributed by atoms with Gasteiger partial charge in [0.1, 0.15) is 5.82 Å². The minimum atomic E-state index is -4.84. The smallest absolute Gasteiger partial charge is 0.404 e. The van der Waals surface area contributed by atoms with E-state index in [1.165, 1.54) is 30.3 Å². The summed E-state index contributed by atoms with van der Waals surface area (Å²) in [5, 5.41) is 4.81. The van der Waals surface area contributed by atoms with Crippen molar-refractivity contribution >= 4 is 28.9 Å². The molecule has 24 heavy (non-hydrogen) atoms. The summed E-state index contributed by atoms with van der Waals surface area (Å²) in [5.74, 6) is -1.65. The Morgan fingerprint density at radius 2 is 1.88 bits per heavy atom. The largest absolute Gasteiger partial charge is 0.573 e. The van der Waals surface area contributed by atoms with Crippen LogP contribution in [-0.2, 0) is 4.79 Å². The number of hydrogen-bond donors (Lipinski definition) is 2. The molecule has 0 aliphatic carbocycles. The zero-order valence-corrected chi connectivity index (χ0v) is 12.7. The van der Waals surface area contributed by atoms with Crippen LogP contribution in [0.2, 0.25) is 5.02 Å². The lowest BCUT2D eigenvalue weighted by atomic mass is 10.3. The van der Waals surface area contributed by atoms with Crippen molar-refractivity contribution in [2.24, 2.45) is 0 Å². The Hall–Kier alpha value is -2.48. The molecular weight excluding hydrogens is 352 g/mol. The molecule has 2 N–H and O–H groups in total. The van der Waals surface area contributed by atoms with Gasteiger partial charge in [-0.05, 0) is 30.3 Å². The van der Waals surface area contributed by atoms with E-state index in [4.69, 9.17) is 11.6 Å². The lowest BCUT2D eigenvalue weighted by Gasteiger charge is -2.14. The molecule has 0 fully saturated rings. The molecule has 0 heterocycles. The molecule has 128 valence electrons. The van der Waals surface area contributed by atoms with Crippen molar-refractivity contribution in [3.8, 4) is 5.75 Å². The summed E-state index contributed by atoms with van der Waals surface area (Å²) in [5.41, 5.74) is 0.259. The first-order chi connectivity index (χ1) is 11.2. The Kier molecular flexibility index (Phi) is 5.50. The Morgan fingerprint density at radius 3 is 2.54 bits per heavy atom. The molecule has 1 amide bonds. The molecule has 0 saturated heterocycles. The zero-order valence-electron chi connectivity index (χ0n) is 12.0. The van der Waals surface area contributed by atoms with Crippen LogP contribution in [0.1, 0.15) is 0 Å². The number of amides is 1. The van der Waals surface area contributed by atoms with E-state index in [0.717, 1.165) is 12.1 Å². The maximum absolute atomic E-state index is 13.0. The van der Waals surface area contributed by atoms with Crippen molar-refractivity contribution in [3.05, 3.63) is 53.3 Å². The molecule has 0 atom stereocenters. The molecule has 2 aromatic rings. The Balaban J connectivity index is 1.98. The predicted molar refractivity (Wildman–Crippen MR) is 81.7 cm³/mol. The van der Waals surface area contributed by atoms with Gasteiger partial charge < -0.3 is 15.4 Å². The normalized spacial score (nSPS) is 11.0. The second-order valence-electron chi connectivity index (χ2n) is 4.57. The third-order valence-electron chi connectivity index (χ3n) is 2.76. The highest BCUT2D eigenvalue weighted by molar-refractivity contribution is 6.31. The lowest BCUT2D eigenvalue weighted by molar-refractivity contribution is -0.274. The van der Waals surface area contributed by atoms with E-state index in [0.29, 0.717) is 0 Å². The second kappa shape index (κ2) is 7.39. The van der Waals surface area contributed by atoms with Gasteiger partial charge in [-0.2, -0.15) is 0 Å². The van der Waals surface area contributed by atoms with Gasteiger partial charge in [0.05, 0.1) is 17.3 Å². The molecule has 0 aromatic heterocycles. The molecule has 2 rings (SSSR count). The Morgan fingerprint density at radius 1 is 1.17 bits per heavy atom. The SMILES string of the molecule is O=C(CNc1ccccc1OC(F)(F)F)Nc1ccc(F)c(Cl)c1. The molecule has 2 aromatic carbocycles. The lowest BCUT2D eigenvalue weighted by Crippen LogP contribution is -2.23. The van der Waals surface area contributed by atoms with Gasteiger partial charge in [-0.1, -0.05) is 23.7 Å². The highest BCUT2D eigenvalue weighted by Gasteiger charge is 2.32. The molecule has 0 radical (unpaired) electrons. The van der Waals surface area contributed by atoms with Gasteiger partial charge in [0, 0.05) is 5.69 Å². The summed E-state index contributed by atoms with van der Waals surface area (Å²) < 4.78 is 53.8. The topological polar surface area (TPSA) is 50.4 Å². The highest BCUT2D eigenvalue weighted by atomic mass is 35.5. The Bertz CT molecular complexity index is 738. The molecule has 0 spiro atoms. The number of para-hydroxylation sites is 2. The number of hydrogen-bond acceptors (Lipinski definition) is 3. The van der Waals surface area contributed by atoms with Gasteiger partial charge in [-0.3, -0.25) is 4.79 Å². The predicted octanol–water partition coefficient (Wildman–Crippen LogP) is 4.43. The third-order valence-corrected chi connectivity index (χ3v) is 3.05. The van der Waals surface area contributed by atoms with Crippen molar-refractivity contribution in [3.63, 3.8) is 0 Å². The Labute approximate surface area is 139 Å². The fraction of sp³-hybridized carbons (Fsp3) is 0.133. The summed E-state index contributed by atoms with van der Waals surface area (Å²) in [6, 6.07) is 8.92. The average Bonchev–Trinajstić information content (AvgIpc) is 2.48. The maximum atomic E-state index is 13.0. The number of alkyl halides is 3. The maximum Gasteiger partial charge on any atom is 0.573 e. The van der Waals surface area contributed by atoms with Gasteiger partial charge in [0.2, 0.25) is 5.91 Å². The quantitative estimate of drug-likeness (QED) is 0.774. The van der Waals surface area contributed by atoms with Crippen LogP contribution < -0.4 is 15.4 Å². The van der Waals surface area contributed by atoms with Gasteiger partial charge in [0.15, 0.2) is 5.75 Å². The van der Waals surface area contributed by atoms with Crippen molar-refractivity contribution in [1.82, 2.24) is 0 Å². The van der Waals surface area contributed by atoms with E-state index in [2.05, 4.69) is 15.4 Å². The summed E-state index contributed by atoms with van der Waals surface area (Å²) in [7, 11) is 0. The highest BCUT2D eigenvalue weighted by Crippen LogP contribution is 2.29. The van der Waals surface area contributed by atoms with Gasteiger partial charge in [-0.15, -0.1) is 13.2 Å². The van der Waals surface area contributed by atoms with Crippen LogP contribution in [-0.4, -0.2) is 18.8 Å². The molecular formula is C15H11ClF4N2O2. The fourth-order valence-electron chi connectivity index (χ4n) is 1.78. The third kappa shape index (κ3) is 5.31. The minimum Gasteiger partial charge on any atom is -0.404 e. The number of ether oxygens (including phenoxy) is 1. The number of anilines is 2. The number of rotatable bonds is 5. The van der Waals surface area contributed by atoms with Gasteiger partial charge in [0.25, 0.3) is 0 Å². The van der Waals surface area contributed by atoms with E-state index < -0.39 is 23.8 Å². The molecule has 0 aliphatic rings. The molecule has 0 saturated carbocycles. The first-order valence-electron chi connectivity index (χ1n) is 6.58. The summed E-state index contributed by atoms with van der Waals surface area (Å²) in [6.07, 6.45) is -4.84. The molecule has 9 heteroatoms. The molecule has 4 nitrogen and oxygen atoms in total. The second-order valence-corrected chi connectivity index (χ2v) is 4.98. The van der Waals surface area contributed by atoms with Crippen LogP contribution >= 0.6 is 11.6 Å². The van der Waals surface area contributed by atoms with Crippen molar-refractivity contribution in [2.45, 2.75) is 6.36 Å². The van der Waals surface area contributed by atoms with Crippen LogP contribution in [0.4, 0.5) is 28.9 Å². The monoisotopic (exact) mass is 362 g/mol. The number of carbonyl (C=O) groups is 1. The van der Waals surface area contributed by atoms with Crippen molar-refractivity contribution in [2.75, 3.05) is 17.2 Å². The molecule has 0 unspecified atom stereocenters. The van der Waals surface area contributed by atoms with Crippen LogP contribution in [0.25, 0.3) is 0 Å². The van der Waals surface area contributed by atoms with E-state index in [9.17, 15) is 22.4 Å².